The summed E-state index contributed by atoms with van der Waals surface area (Å²) in [6.45, 7) is 66.6. The molecule has 0 bridgehead atoms. The molecule has 393 valence electrons. The van der Waals surface area contributed by atoms with Gasteiger partial charge in [-0.1, -0.05) is 36.9 Å². The predicted molar refractivity (Wildman–Crippen MR) is 314 cm³/mol. The van der Waals surface area contributed by atoms with Crippen molar-refractivity contribution in [3.63, 3.8) is 0 Å². The van der Waals surface area contributed by atoms with Crippen LogP contribution >= 0.6 is 0 Å². The topological polar surface area (TPSA) is 129 Å². The van der Waals surface area contributed by atoms with E-state index in [1.807, 2.05) is 12.1 Å². The van der Waals surface area contributed by atoms with E-state index in [0.29, 0.717) is 0 Å². The molecule has 0 atom stereocenters. The molecule has 1 radical (unpaired) electrons. The highest BCUT2D eigenvalue weighted by molar-refractivity contribution is 6.96. The molecule has 1 aromatic rings. The third kappa shape index (κ3) is 27.1. The number of rotatable bonds is 30. The maximum absolute atomic E-state index is 6.94. The van der Waals surface area contributed by atoms with Crippen LogP contribution < -0.4 is 5.19 Å². The molecule has 0 saturated heterocycles. The quantitative estimate of drug-likeness (QED) is 0.0678. The van der Waals surface area contributed by atoms with E-state index >= 15 is 0 Å². The maximum atomic E-state index is 6.94. The molecular weight excluding hydrogens is 1100 g/mol. The molecule has 0 saturated carbocycles. The van der Waals surface area contributed by atoms with E-state index in [1.165, 1.54) is 5.19 Å². The minimum absolute atomic E-state index is 0.896. The normalized spacial score (nSPS) is 15.4. The van der Waals surface area contributed by atoms with Crippen molar-refractivity contribution >= 4 is 140 Å². The van der Waals surface area contributed by atoms with Gasteiger partial charge >= 0.3 is 111 Å². The Morgan fingerprint density at radius 1 is 0.313 bits per heavy atom. The molecule has 0 aliphatic rings. The Hall–Kier alpha value is 1.65. The van der Waals surface area contributed by atoms with E-state index in [1.54, 1.807) is 0 Å². The van der Waals surface area contributed by atoms with Gasteiger partial charge in [-0.25, -0.2) is 0 Å². The van der Waals surface area contributed by atoms with E-state index in [0.717, 1.165) is 5.56 Å². The van der Waals surface area contributed by atoms with Crippen molar-refractivity contribution in [3.05, 3.63) is 36.4 Å². The van der Waals surface area contributed by atoms with Crippen molar-refractivity contribution in [1.82, 2.24) is 0 Å². The van der Waals surface area contributed by atoms with Crippen LogP contribution in [0.4, 0.5) is 0 Å². The molecule has 1 rings (SSSR count). The van der Waals surface area contributed by atoms with Crippen molar-refractivity contribution in [2.45, 2.75) is 196 Å². The lowest BCUT2D eigenvalue weighted by atomic mass is 10.2. The Kier molecular flexibility index (Phi) is 23.2. The van der Waals surface area contributed by atoms with Crippen LogP contribution in [0.25, 0.3) is 6.08 Å². The SMILES string of the molecule is C=Cc1ccccc1[Si](C)(C)O[Si](C)(C)O[Si](C)(C)O[Si](C)(C)O[Si](C)(C)O[Si](C)(C)O[Si](C)(C)O[Si](C)(C)O[Si](C)(C)O[Si](C)(C)O[Si](C)(C)O[Si](C)(C)O[Si](C)(C)O[Si](C)(C)O[Si](C)C. The molecule has 29 heteroatoms. The van der Waals surface area contributed by atoms with Crippen LogP contribution in [0.5, 0.6) is 0 Å². The van der Waals surface area contributed by atoms with Crippen molar-refractivity contribution in [1.29, 1.82) is 0 Å². The van der Waals surface area contributed by atoms with Gasteiger partial charge in [-0.2, -0.15) is 0 Å². The molecule has 0 aliphatic heterocycles. The first-order valence-electron chi connectivity index (χ1n) is 23.5. The van der Waals surface area contributed by atoms with Gasteiger partial charge in [0.1, 0.15) is 0 Å². The van der Waals surface area contributed by atoms with E-state index < -0.39 is 129 Å². The molecule has 1 aromatic carbocycles. The summed E-state index contributed by atoms with van der Waals surface area (Å²) in [6, 6.07) is 8.33. The van der Waals surface area contributed by atoms with Crippen LogP contribution in [-0.2, 0) is 57.6 Å². The summed E-state index contributed by atoms with van der Waals surface area (Å²) in [5, 5.41) is 1.21. The van der Waals surface area contributed by atoms with Crippen LogP contribution in [-0.4, -0.2) is 129 Å². The third-order valence-electron chi connectivity index (χ3n) is 8.68. The van der Waals surface area contributed by atoms with Crippen LogP contribution in [0.2, 0.25) is 196 Å². The zero-order valence-corrected chi connectivity index (χ0v) is 62.8. The molecule has 67 heavy (non-hydrogen) atoms. The molecule has 0 aromatic heterocycles. The zero-order chi connectivity index (χ0) is 53.2. The first-order chi connectivity index (χ1) is 29.2. The summed E-state index contributed by atoms with van der Waals surface area (Å²) in [5.41, 5.74) is 1.11. The lowest BCUT2D eigenvalue weighted by Gasteiger charge is -2.45. The van der Waals surface area contributed by atoms with E-state index in [-0.39, 0.29) is 0 Å². The number of hydrogen-bond acceptors (Lipinski definition) is 14. The molecule has 0 unspecified atom stereocenters. The molecule has 14 nitrogen and oxygen atoms in total. The second-order valence-corrected chi connectivity index (χ2v) is 77.0. The monoisotopic (exact) mass is 1200 g/mol. The van der Waals surface area contributed by atoms with Gasteiger partial charge < -0.3 is 57.6 Å². The first kappa shape index (κ1) is 66.7. The summed E-state index contributed by atoms with van der Waals surface area (Å²) in [4.78, 5) is 0. The molecule has 0 amide bonds. The lowest BCUT2D eigenvalue weighted by molar-refractivity contribution is 0.251. The Bertz CT molecular complexity index is 1770. The first-order valence-corrected chi connectivity index (χ1v) is 65.4. The van der Waals surface area contributed by atoms with E-state index in [4.69, 9.17) is 57.6 Å². The second kappa shape index (κ2) is 23.3. The molecule has 0 heterocycles. The smallest absolute Gasteiger partial charge is 0.314 e. The minimum atomic E-state index is -2.81. The Morgan fingerprint density at radius 3 is 0.716 bits per heavy atom. The number of hydrogen-bond donors (Lipinski definition) is 0. The van der Waals surface area contributed by atoms with E-state index in [2.05, 4.69) is 221 Å². The Balaban J connectivity index is 2.98. The van der Waals surface area contributed by atoms with Gasteiger partial charge in [0, 0.05) is 0 Å². The van der Waals surface area contributed by atoms with Gasteiger partial charge in [-0.15, -0.1) is 0 Å². The molecular formula is C38H97O14Si15. The van der Waals surface area contributed by atoms with Crippen LogP contribution in [0, 0.1) is 0 Å². The zero-order valence-electron chi connectivity index (χ0n) is 47.8. The lowest BCUT2D eigenvalue weighted by Crippen LogP contribution is -2.63. The van der Waals surface area contributed by atoms with Gasteiger partial charge in [-0.05, 0) is 207 Å². The highest BCUT2D eigenvalue weighted by Crippen LogP contribution is 2.33. The summed E-state index contributed by atoms with van der Waals surface area (Å²) < 4.78 is 95.2. The largest absolute Gasteiger partial charge is 0.437 e. The number of benzene rings is 1. The third-order valence-corrected chi connectivity index (χ3v) is 65.2. The molecule has 0 fully saturated rings. The highest BCUT2D eigenvalue weighted by Gasteiger charge is 2.52. The molecule has 0 aliphatic carbocycles. The summed E-state index contributed by atoms with van der Waals surface area (Å²) >= 11 is 0. The minimum Gasteiger partial charge on any atom is -0.437 e. The maximum Gasteiger partial charge on any atom is 0.314 e. The van der Waals surface area contributed by atoms with Gasteiger partial charge in [0.05, 0.1) is 0 Å². The van der Waals surface area contributed by atoms with Gasteiger partial charge in [-0.3, -0.25) is 0 Å². The van der Waals surface area contributed by atoms with Crippen LogP contribution in [0.15, 0.2) is 30.8 Å². The van der Waals surface area contributed by atoms with Gasteiger partial charge in [0.2, 0.25) is 8.32 Å². The van der Waals surface area contributed by atoms with Crippen molar-refractivity contribution in [2.24, 2.45) is 0 Å². The Morgan fingerprint density at radius 2 is 0.507 bits per heavy atom. The summed E-state index contributed by atoms with van der Waals surface area (Å²) in [5.74, 6) is 0. The Labute approximate surface area is 427 Å². The van der Waals surface area contributed by atoms with Gasteiger partial charge in [0.25, 0.3) is 0 Å². The van der Waals surface area contributed by atoms with Gasteiger partial charge in [0.15, 0.2) is 9.04 Å². The predicted octanol–water partition coefficient (Wildman–Crippen LogP) is 12.3. The summed E-state index contributed by atoms with van der Waals surface area (Å²) in [6.07, 6.45) is 1.90. The van der Waals surface area contributed by atoms with Crippen molar-refractivity contribution in [2.75, 3.05) is 0 Å². The van der Waals surface area contributed by atoms with Crippen molar-refractivity contribution < 1.29 is 57.6 Å². The van der Waals surface area contributed by atoms with Crippen LogP contribution in [0.1, 0.15) is 5.56 Å². The molecule has 0 N–H and O–H groups in total. The highest BCUT2D eigenvalue weighted by atomic mass is 28.5. The average molecular weight is 1200 g/mol. The van der Waals surface area contributed by atoms with Crippen LogP contribution in [0.3, 0.4) is 0 Å². The van der Waals surface area contributed by atoms with Crippen molar-refractivity contribution in [3.8, 4) is 0 Å². The second-order valence-electron chi connectivity index (χ2n) is 23.8. The fraction of sp³-hybridized carbons (Fsp3) is 0.789. The summed E-state index contributed by atoms with van der Waals surface area (Å²) in [7, 11) is -38.4. The fourth-order valence-corrected chi connectivity index (χ4v) is 84.3. The van der Waals surface area contributed by atoms with E-state index in [9.17, 15) is 0 Å². The standard InChI is InChI=1S/C38H97O14Si15/c1-32-37-35-33-34-36-38(37)54(4,5)40-56(8,9)42-58(12,13)44-60(16,17)46-62(20,21)48-64(24,25)50-66(28,29)52-67(30,31)51-65(26,27)49-63(22,23)47-61(18,19)45-59(14,15)43-57(10,11)41-55(6,7)39-53(2)3/h32-36H,1H2,2-31H3. The average Bonchev–Trinajstić information content (AvgIpc) is 2.91. The molecule has 0 spiro atoms. The fourth-order valence-electron chi connectivity index (χ4n) is 9.76.